The number of hydrogen-bond acceptors (Lipinski definition) is 7. The van der Waals surface area contributed by atoms with E-state index in [1.165, 1.54) is 21.3 Å². The van der Waals surface area contributed by atoms with Gasteiger partial charge in [0.1, 0.15) is 22.3 Å². The molecular formula is C23H21ClN2O5. The molecule has 31 heavy (non-hydrogen) atoms. The number of carbonyl (C=O) groups is 2. The van der Waals surface area contributed by atoms with Gasteiger partial charge in [-0.2, -0.15) is 0 Å². The van der Waals surface area contributed by atoms with Crippen molar-refractivity contribution in [3.05, 3.63) is 65.1 Å². The highest BCUT2D eigenvalue weighted by atomic mass is 35.5. The van der Waals surface area contributed by atoms with Gasteiger partial charge in [0.15, 0.2) is 23.1 Å². The summed E-state index contributed by atoms with van der Waals surface area (Å²) in [4.78, 5) is 33.7. The zero-order chi connectivity index (χ0) is 22.4. The summed E-state index contributed by atoms with van der Waals surface area (Å²) in [6.45, 7) is 0. The molecule has 7 nitrogen and oxygen atoms in total. The monoisotopic (exact) mass is 440 g/mol. The van der Waals surface area contributed by atoms with Gasteiger partial charge in [-0.05, 0) is 42.5 Å². The highest BCUT2D eigenvalue weighted by Crippen LogP contribution is 2.30. The molecule has 0 unspecified atom stereocenters. The van der Waals surface area contributed by atoms with Crippen molar-refractivity contribution in [3.8, 4) is 28.5 Å². The van der Waals surface area contributed by atoms with Crippen LogP contribution >= 0.6 is 11.6 Å². The average molecular weight is 441 g/mol. The number of carbonyl (C=O) groups excluding carboxylic acids is 2. The average Bonchev–Trinajstić information content (AvgIpc) is 2.81. The number of halogens is 1. The maximum Gasteiger partial charge on any atom is 0.181 e. The number of pyridine rings is 2. The van der Waals surface area contributed by atoms with E-state index in [2.05, 4.69) is 9.97 Å². The van der Waals surface area contributed by atoms with Crippen molar-refractivity contribution in [2.45, 2.75) is 12.8 Å². The molecule has 1 aromatic carbocycles. The summed E-state index contributed by atoms with van der Waals surface area (Å²) in [5, 5.41) is 0.304. The fourth-order valence-corrected chi connectivity index (χ4v) is 3.21. The Labute approximate surface area is 185 Å². The molecule has 3 rings (SSSR count). The van der Waals surface area contributed by atoms with Crippen molar-refractivity contribution in [3.63, 3.8) is 0 Å². The quantitative estimate of drug-likeness (QED) is 0.353. The maximum atomic E-state index is 12.7. The maximum absolute atomic E-state index is 12.7. The summed E-state index contributed by atoms with van der Waals surface area (Å²) in [7, 11) is 4.54. The van der Waals surface area contributed by atoms with Crippen molar-refractivity contribution in [1.29, 1.82) is 0 Å². The molecule has 0 aliphatic rings. The first-order chi connectivity index (χ1) is 15.0. The molecule has 160 valence electrons. The van der Waals surface area contributed by atoms with Crippen LogP contribution in [0.2, 0.25) is 5.15 Å². The van der Waals surface area contributed by atoms with Crippen LogP contribution < -0.4 is 14.2 Å². The minimum atomic E-state index is -0.252. The molecule has 0 N–H and O–H groups in total. The summed E-state index contributed by atoms with van der Waals surface area (Å²) >= 11 is 5.98. The second kappa shape index (κ2) is 10.0. The normalized spacial score (nSPS) is 10.5. The number of aromatic nitrogens is 2. The first-order valence-corrected chi connectivity index (χ1v) is 9.80. The van der Waals surface area contributed by atoms with Crippen molar-refractivity contribution < 1.29 is 23.8 Å². The minimum Gasteiger partial charge on any atom is -0.494 e. The van der Waals surface area contributed by atoms with Gasteiger partial charge in [0, 0.05) is 30.2 Å². The molecule has 0 atom stereocenters. The summed E-state index contributed by atoms with van der Waals surface area (Å²) in [6, 6.07) is 11.5. The Morgan fingerprint density at radius 2 is 1.52 bits per heavy atom. The Bertz CT molecular complexity index is 1120. The van der Waals surface area contributed by atoms with Gasteiger partial charge in [-0.25, -0.2) is 9.97 Å². The number of ketones is 2. The molecule has 8 heteroatoms. The zero-order valence-corrected chi connectivity index (χ0v) is 18.1. The number of hydrogen-bond donors (Lipinski definition) is 0. The Morgan fingerprint density at radius 3 is 2.19 bits per heavy atom. The number of ether oxygens (including phenoxy) is 3. The predicted molar refractivity (Wildman–Crippen MR) is 116 cm³/mol. The van der Waals surface area contributed by atoms with E-state index in [0.717, 1.165) is 0 Å². The molecule has 0 saturated heterocycles. The molecule has 0 aliphatic carbocycles. The fourth-order valence-electron chi connectivity index (χ4n) is 3.03. The Morgan fingerprint density at radius 1 is 0.839 bits per heavy atom. The van der Waals surface area contributed by atoms with Gasteiger partial charge in [-0.1, -0.05) is 11.6 Å². The van der Waals surface area contributed by atoms with Crippen LogP contribution in [0.5, 0.6) is 17.2 Å². The third kappa shape index (κ3) is 5.19. The second-order valence-electron chi connectivity index (χ2n) is 6.53. The van der Waals surface area contributed by atoms with Gasteiger partial charge in [0.25, 0.3) is 0 Å². The number of nitrogens with zero attached hydrogens (tertiary/aromatic N) is 2. The van der Waals surface area contributed by atoms with E-state index in [-0.39, 0.29) is 30.1 Å². The lowest BCUT2D eigenvalue weighted by Gasteiger charge is -2.10. The van der Waals surface area contributed by atoms with Crippen LogP contribution in [-0.2, 0) is 0 Å². The standard InChI is InChI=1S/C23H21ClN2O5/c1-29-19-8-4-14(12-21(19)31-3)17(27)6-7-18(28)16-5-9-20(30-2)23(26-16)15-10-11-25-22(24)13-15/h4-5,8-13H,6-7H2,1-3H3. The minimum absolute atomic E-state index is 0.0169. The van der Waals surface area contributed by atoms with E-state index in [4.69, 9.17) is 25.8 Å². The molecule has 2 heterocycles. The lowest BCUT2D eigenvalue weighted by molar-refractivity contribution is 0.0915. The van der Waals surface area contributed by atoms with E-state index >= 15 is 0 Å². The van der Waals surface area contributed by atoms with Crippen LogP contribution in [0.15, 0.2) is 48.7 Å². The van der Waals surface area contributed by atoms with Crippen molar-refractivity contribution in [1.82, 2.24) is 9.97 Å². The van der Waals surface area contributed by atoms with Crippen LogP contribution in [0.3, 0.4) is 0 Å². The molecular weight excluding hydrogens is 420 g/mol. The Hall–Kier alpha value is -3.45. The topological polar surface area (TPSA) is 87.6 Å². The van der Waals surface area contributed by atoms with E-state index in [9.17, 15) is 9.59 Å². The summed E-state index contributed by atoms with van der Waals surface area (Å²) < 4.78 is 15.8. The lowest BCUT2D eigenvalue weighted by Crippen LogP contribution is -2.08. The molecule has 0 saturated carbocycles. The third-order valence-electron chi connectivity index (χ3n) is 4.65. The fraction of sp³-hybridized carbons (Fsp3) is 0.217. The Balaban J connectivity index is 1.76. The largest absolute Gasteiger partial charge is 0.494 e. The van der Waals surface area contributed by atoms with Crippen LogP contribution in [0.1, 0.15) is 33.7 Å². The number of benzene rings is 1. The van der Waals surface area contributed by atoms with E-state index in [1.807, 2.05) is 0 Å². The number of methoxy groups -OCH3 is 3. The zero-order valence-electron chi connectivity index (χ0n) is 17.3. The molecule has 2 aromatic heterocycles. The highest BCUT2D eigenvalue weighted by Gasteiger charge is 2.17. The summed E-state index contributed by atoms with van der Waals surface area (Å²) in [5.74, 6) is 1.06. The molecule has 0 radical (unpaired) electrons. The summed E-state index contributed by atoms with van der Waals surface area (Å²) in [6.07, 6.45) is 1.61. The Kier molecular flexibility index (Phi) is 7.20. The van der Waals surface area contributed by atoms with Gasteiger partial charge in [-0.3, -0.25) is 9.59 Å². The molecule has 3 aromatic rings. The van der Waals surface area contributed by atoms with Gasteiger partial charge in [0.2, 0.25) is 0 Å². The van der Waals surface area contributed by atoms with E-state index < -0.39 is 0 Å². The predicted octanol–water partition coefficient (Wildman–Crippen LogP) is 4.67. The summed E-state index contributed by atoms with van der Waals surface area (Å²) in [5.41, 5.74) is 1.83. The van der Waals surface area contributed by atoms with Gasteiger partial charge in [0.05, 0.1) is 21.3 Å². The van der Waals surface area contributed by atoms with Crippen molar-refractivity contribution in [2.75, 3.05) is 21.3 Å². The third-order valence-corrected chi connectivity index (χ3v) is 4.86. The SMILES string of the molecule is COc1ccc(C(=O)CCC(=O)c2ccc(OC)c(-c3ccnc(Cl)c3)n2)cc1OC. The van der Waals surface area contributed by atoms with Gasteiger partial charge < -0.3 is 14.2 Å². The van der Waals surface area contributed by atoms with Crippen LogP contribution in [-0.4, -0.2) is 42.9 Å². The highest BCUT2D eigenvalue weighted by molar-refractivity contribution is 6.29. The van der Waals surface area contributed by atoms with Crippen LogP contribution in [0, 0.1) is 0 Å². The first-order valence-electron chi connectivity index (χ1n) is 9.42. The lowest BCUT2D eigenvalue weighted by atomic mass is 10.0. The van der Waals surface area contributed by atoms with Gasteiger partial charge in [-0.15, -0.1) is 0 Å². The van der Waals surface area contributed by atoms with Crippen LogP contribution in [0.4, 0.5) is 0 Å². The molecule has 0 bridgehead atoms. The second-order valence-corrected chi connectivity index (χ2v) is 6.92. The smallest absolute Gasteiger partial charge is 0.181 e. The molecule has 0 spiro atoms. The van der Waals surface area contributed by atoms with Crippen molar-refractivity contribution in [2.24, 2.45) is 0 Å². The number of Topliss-reactive ketones (excluding diaryl/α,β-unsaturated/α-hetero) is 2. The van der Waals surface area contributed by atoms with Crippen molar-refractivity contribution >= 4 is 23.2 Å². The van der Waals surface area contributed by atoms with Crippen LogP contribution in [0.25, 0.3) is 11.3 Å². The molecule has 0 aliphatic heterocycles. The number of rotatable bonds is 9. The van der Waals surface area contributed by atoms with E-state index in [1.54, 1.807) is 48.7 Å². The molecule has 0 amide bonds. The van der Waals surface area contributed by atoms with E-state index in [0.29, 0.717) is 39.2 Å². The first kappa shape index (κ1) is 22.2. The molecule has 0 fully saturated rings. The van der Waals surface area contributed by atoms with Gasteiger partial charge >= 0.3 is 0 Å².